The summed E-state index contributed by atoms with van der Waals surface area (Å²) in [7, 11) is 0. The lowest BCUT2D eigenvalue weighted by molar-refractivity contribution is 1.06. The Kier molecular flexibility index (Phi) is 4.71. The molecule has 0 aliphatic carbocycles. The van der Waals surface area contributed by atoms with Crippen LogP contribution in [-0.2, 0) is 6.42 Å². The molecule has 1 heterocycles. The molecule has 6 nitrogen and oxygen atoms in total. The molecule has 142 valence electrons. The highest BCUT2D eigenvalue weighted by Crippen LogP contribution is 2.32. The largest absolute Gasteiger partial charge is 0.386 e. The minimum absolute atomic E-state index is 0.258. The number of nitriles is 1. The lowest BCUT2D eigenvalue weighted by Crippen LogP contribution is -2.12. The van der Waals surface area contributed by atoms with Gasteiger partial charge in [-0.25, -0.2) is 0 Å². The Morgan fingerprint density at radius 1 is 1.14 bits per heavy atom. The van der Waals surface area contributed by atoms with E-state index in [-0.39, 0.29) is 5.82 Å². The van der Waals surface area contributed by atoms with Gasteiger partial charge >= 0.3 is 0 Å². The SMILES string of the molecule is C=C(N)Nc1nnc(-c2cc(CC)ccc2C#N)n1-c1cccc2ccccc12. The number of anilines is 1. The van der Waals surface area contributed by atoms with Crippen LogP contribution in [0.5, 0.6) is 0 Å². The van der Waals surface area contributed by atoms with E-state index in [4.69, 9.17) is 5.73 Å². The van der Waals surface area contributed by atoms with Crippen LogP contribution in [0, 0.1) is 11.3 Å². The summed E-state index contributed by atoms with van der Waals surface area (Å²) in [5.74, 6) is 1.26. The number of hydrogen-bond acceptors (Lipinski definition) is 5. The van der Waals surface area contributed by atoms with Crippen molar-refractivity contribution in [3.05, 3.63) is 84.2 Å². The van der Waals surface area contributed by atoms with Crippen LogP contribution >= 0.6 is 0 Å². The summed E-state index contributed by atoms with van der Waals surface area (Å²) in [5.41, 5.74) is 9.06. The van der Waals surface area contributed by atoms with Gasteiger partial charge in [0.2, 0.25) is 5.95 Å². The Morgan fingerprint density at radius 2 is 1.93 bits per heavy atom. The Balaban J connectivity index is 2.05. The van der Waals surface area contributed by atoms with E-state index in [9.17, 15) is 5.26 Å². The number of nitrogens with one attached hydrogen (secondary N) is 1. The van der Waals surface area contributed by atoms with E-state index in [1.165, 1.54) is 0 Å². The first-order valence-corrected chi connectivity index (χ1v) is 9.30. The average molecular weight is 380 g/mol. The first kappa shape index (κ1) is 18.3. The van der Waals surface area contributed by atoms with Gasteiger partial charge in [-0.1, -0.05) is 56.0 Å². The number of nitrogens with two attached hydrogens (primary N) is 1. The molecule has 0 saturated carbocycles. The van der Waals surface area contributed by atoms with Crippen LogP contribution in [0.4, 0.5) is 5.95 Å². The first-order valence-electron chi connectivity index (χ1n) is 9.30. The fourth-order valence-electron chi connectivity index (χ4n) is 3.41. The van der Waals surface area contributed by atoms with E-state index in [1.54, 1.807) is 0 Å². The third kappa shape index (κ3) is 3.30. The monoisotopic (exact) mass is 380 g/mol. The van der Waals surface area contributed by atoms with Gasteiger partial charge in [-0.05, 0) is 35.6 Å². The van der Waals surface area contributed by atoms with Gasteiger partial charge in [-0.3, -0.25) is 4.57 Å². The Hall–Kier alpha value is -4.11. The molecule has 3 N–H and O–H groups in total. The molecule has 3 aromatic carbocycles. The summed E-state index contributed by atoms with van der Waals surface area (Å²) in [4.78, 5) is 0. The number of rotatable bonds is 5. The maximum Gasteiger partial charge on any atom is 0.235 e. The fraction of sp³-hybridized carbons (Fsp3) is 0.0870. The van der Waals surface area contributed by atoms with E-state index in [2.05, 4.69) is 47.2 Å². The zero-order valence-electron chi connectivity index (χ0n) is 16.1. The van der Waals surface area contributed by atoms with E-state index in [1.807, 2.05) is 53.1 Å². The average Bonchev–Trinajstić information content (AvgIpc) is 3.15. The zero-order chi connectivity index (χ0) is 20.4. The molecule has 0 bridgehead atoms. The summed E-state index contributed by atoms with van der Waals surface area (Å²) in [6.07, 6.45) is 0.853. The van der Waals surface area contributed by atoms with Crippen molar-refractivity contribution in [2.45, 2.75) is 13.3 Å². The van der Waals surface area contributed by atoms with Gasteiger partial charge in [-0.2, -0.15) is 5.26 Å². The molecule has 0 radical (unpaired) electrons. The second-order valence-corrected chi connectivity index (χ2v) is 6.68. The maximum absolute atomic E-state index is 9.67. The van der Waals surface area contributed by atoms with Crippen LogP contribution in [0.1, 0.15) is 18.1 Å². The van der Waals surface area contributed by atoms with Crippen molar-refractivity contribution in [3.63, 3.8) is 0 Å². The normalized spacial score (nSPS) is 10.6. The molecule has 0 amide bonds. The molecule has 0 spiro atoms. The van der Waals surface area contributed by atoms with E-state index < -0.39 is 0 Å². The third-order valence-electron chi connectivity index (χ3n) is 4.80. The molecule has 0 aliphatic heterocycles. The standard InChI is InChI=1S/C23H20N6/c1-3-16-11-12-18(14-24)20(13-16)22-27-28-23(26-15(2)25)29(22)21-10-6-8-17-7-4-5-9-19(17)21/h4-13H,2-3,25H2,1H3,(H,26,28). The van der Waals surface area contributed by atoms with Gasteiger partial charge < -0.3 is 11.1 Å². The van der Waals surface area contributed by atoms with Crippen molar-refractivity contribution in [1.29, 1.82) is 5.26 Å². The number of hydrogen-bond donors (Lipinski definition) is 2. The molecule has 6 heteroatoms. The molecule has 0 saturated heterocycles. The van der Waals surface area contributed by atoms with Crippen LogP contribution in [0.2, 0.25) is 0 Å². The molecule has 0 atom stereocenters. The highest BCUT2D eigenvalue weighted by Gasteiger charge is 2.20. The van der Waals surface area contributed by atoms with Gasteiger partial charge in [0.05, 0.1) is 23.1 Å². The molecular weight excluding hydrogens is 360 g/mol. The van der Waals surface area contributed by atoms with Gasteiger partial charge in [-0.15, -0.1) is 10.2 Å². The number of aryl methyl sites for hydroxylation is 1. The van der Waals surface area contributed by atoms with Crippen LogP contribution in [0.25, 0.3) is 27.8 Å². The third-order valence-corrected chi connectivity index (χ3v) is 4.80. The molecule has 0 aliphatic rings. The van der Waals surface area contributed by atoms with Crippen molar-refractivity contribution in [2.24, 2.45) is 5.73 Å². The molecule has 29 heavy (non-hydrogen) atoms. The number of nitrogens with zero attached hydrogens (tertiary/aromatic N) is 4. The van der Waals surface area contributed by atoms with Crippen molar-refractivity contribution in [2.75, 3.05) is 5.32 Å². The van der Waals surface area contributed by atoms with Crippen molar-refractivity contribution in [3.8, 4) is 23.1 Å². The van der Waals surface area contributed by atoms with Gasteiger partial charge in [0, 0.05) is 10.9 Å². The van der Waals surface area contributed by atoms with Crippen molar-refractivity contribution in [1.82, 2.24) is 14.8 Å². The van der Waals surface area contributed by atoms with Gasteiger partial charge in [0.25, 0.3) is 0 Å². The van der Waals surface area contributed by atoms with E-state index in [0.717, 1.165) is 34.0 Å². The highest BCUT2D eigenvalue weighted by atomic mass is 15.4. The lowest BCUT2D eigenvalue weighted by Gasteiger charge is -2.15. The van der Waals surface area contributed by atoms with Crippen molar-refractivity contribution >= 4 is 16.7 Å². The summed E-state index contributed by atoms with van der Waals surface area (Å²) in [6, 6.07) is 22.2. The van der Waals surface area contributed by atoms with Gasteiger partial charge in [0.15, 0.2) is 5.82 Å². The second-order valence-electron chi connectivity index (χ2n) is 6.68. The maximum atomic E-state index is 9.67. The second kappa shape index (κ2) is 7.49. The quantitative estimate of drug-likeness (QED) is 0.536. The summed E-state index contributed by atoms with van der Waals surface area (Å²) in [5, 5.41) is 23.5. The zero-order valence-corrected chi connectivity index (χ0v) is 16.1. The molecule has 1 aromatic heterocycles. The molecular formula is C23H20N6. The summed E-state index contributed by atoms with van der Waals surface area (Å²) >= 11 is 0. The van der Waals surface area contributed by atoms with Crippen LogP contribution in [0.3, 0.4) is 0 Å². The molecule has 4 rings (SSSR count). The van der Waals surface area contributed by atoms with Crippen LogP contribution in [-0.4, -0.2) is 14.8 Å². The predicted octanol–water partition coefficient (Wildman–Crippen LogP) is 4.36. The number of benzene rings is 3. The van der Waals surface area contributed by atoms with E-state index in [0.29, 0.717) is 17.3 Å². The predicted molar refractivity (Wildman–Crippen MR) is 115 cm³/mol. The van der Waals surface area contributed by atoms with Crippen LogP contribution in [0.15, 0.2) is 73.1 Å². The topological polar surface area (TPSA) is 92.6 Å². The van der Waals surface area contributed by atoms with Crippen molar-refractivity contribution < 1.29 is 0 Å². The van der Waals surface area contributed by atoms with E-state index >= 15 is 0 Å². The minimum atomic E-state index is 0.258. The minimum Gasteiger partial charge on any atom is -0.386 e. The Bertz CT molecular complexity index is 1260. The molecule has 4 aromatic rings. The first-order chi connectivity index (χ1) is 14.1. The lowest BCUT2D eigenvalue weighted by atomic mass is 10.0. The highest BCUT2D eigenvalue weighted by molar-refractivity contribution is 5.91. The fourth-order valence-corrected chi connectivity index (χ4v) is 3.41. The molecule has 0 fully saturated rings. The Labute approximate surface area is 168 Å². The summed E-state index contributed by atoms with van der Waals surface area (Å²) < 4.78 is 1.88. The smallest absolute Gasteiger partial charge is 0.235 e. The number of fused-ring (bicyclic) bond motifs is 1. The number of aromatic nitrogens is 3. The Morgan fingerprint density at radius 3 is 2.69 bits per heavy atom. The summed E-state index contributed by atoms with van der Waals surface area (Å²) in [6.45, 7) is 5.80. The van der Waals surface area contributed by atoms with Gasteiger partial charge in [0.1, 0.15) is 0 Å². The molecule has 0 unspecified atom stereocenters. The van der Waals surface area contributed by atoms with Crippen LogP contribution < -0.4 is 11.1 Å².